The van der Waals surface area contributed by atoms with E-state index >= 15 is 0 Å². The standard InChI is InChI=1S/C29H29BrO3/c1-4-21-12-6-9-15-25(21)32-27-17-11-8-14-24(27)29(20-23(31-3)18-19-28(29)30)33-26-16-10-7-13-22(26)5-2/h6-20,28H,4-5H2,1-3H3/t28?,29-/m0/s1. The Hall–Kier alpha value is -2.98. The van der Waals surface area contributed by atoms with Crippen LogP contribution in [-0.2, 0) is 23.2 Å². The number of benzene rings is 3. The van der Waals surface area contributed by atoms with Crippen LogP contribution in [0.25, 0.3) is 0 Å². The van der Waals surface area contributed by atoms with Gasteiger partial charge in [-0.15, -0.1) is 0 Å². The number of halogens is 1. The Morgan fingerprint density at radius 1 is 0.788 bits per heavy atom. The maximum atomic E-state index is 6.90. The van der Waals surface area contributed by atoms with Crippen LogP contribution in [0.2, 0.25) is 0 Å². The van der Waals surface area contributed by atoms with Crippen molar-refractivity contribution in [1.29, 1.82) is 0 Å². The van der Waals surface area contributed by atoms with Crippen molar-refractivity contribution in [3.05, 3.63) is 113 Å². The molecule has 3 aromatic carbocycles. The Morgan fingerprint density at radius 2 is 1.36 bits per heavy atom. The Kier molecular flexibility index (Phi) is 7.24. The molecule has 0 N–H and O–H groups in total. The van der Waals surface area contributed by atoms with Gasteiger partial charge in [-0.3, -0.25) is 0 Å². The van der Waals surface area contributed by atoms with E-state index in [9.17, 15) is 0 Å². The molecule has 2 atom stereocenters. The third kappa shape index (κ3) is 4.72. The highest BCUT2D eigenvalue weighted by molar-refractivity contribution is 9.09. The van der Waals surface area contributed by atoms with E-state index in [1.165, 1.54) is 0 Å². The molecule has 0 aromatic heterocycles. The lowest BCUT2D eigenvalue weighted by molar-refractivity contribution is 0.117. The Morgan fingerprint density at radius 3 is 2.03 bits per heavy atom. The quantitative estimate of drug-likeness (QED) is 0.293. The number of rotatable bonds is 8. The molecule has 0 fully saturated rings. The molecular weight excluding hydrogens is 476 g/mol. The molecule has 3 nitrogen and oxygen atoms in total. The molecule has 0 bridgehead atoms. The van der Waals surface area contributed by atoms with Crippen LogP contribution in [0.15, 0.2) is 96.8 Å². The molecule has 0 aliphatic heterocycles. The van der Waals surface area contributed by atoms with E-state index in [1.807, 2.05) is 66.7 Å². The zero-order valence-electron chi connectivity index (χ0n) is 19.3. The van der Waals surface area contributed by atoms with Gasteiger partial charge in [-0.1, -0.05) is 90.5 Å². The van der Waals surface area contributed by atoms with E-state index < -0.39 is 5.60 Å². The Labute approximate surface area is 204 Å². The second kappa shape index (κ2) is 10.3. The van der Waals surface area contributed by atoms with Gasteiger partial charge in [-0.2, -0.15) is 0 Å². The van der Waals surface area contributed by atoms with Gasteiger partial charge in [-0.25, -0.2) is 0 Å². The first kappa shape index (κ1) is 23.2. The number of ether oxygens (including phenoxy) is 3. The third-order valence-corrected chi connectivity index (χ3v) is 6.93. The molecule has 1 unspecified atom stereocenters. The van der Waals surface area contributed by atoms with Crippen LogP contribution in [0.5, 0.6) is 17.2 Å². The van der Waals surface area contributed by atoms with E-state index in [-0.39, 0.29) is 4.83 Å². The van der Waals surface area contributed by atoms with Crippen LogP contribution in [0, 0.1) is 0 Å². The van der Waals surface area contributed by atoms with Gasteiger partial charge >= 0.3 is 0 Å². The van der Waals surface area contributed by atoms with E-state index in [2.05, 4.69) is 54.1 Å². The van der Waals surface area contributed by atoms with Crippen molar-refractivity contribution in [2.75, 3.05) is 7.11 Å². The van der Waals surface area contributed by atoms with Crippen LogP contribution < -0.4 is 9.47 Å². The topological polar surface area (TPSA) is 27.7 Å². The van der Waals surface area contributed by atoms with Crippen LogP contribution in [-0.4, -0.2) is 11.9 Å². The summed E-state index contributed by atoms with van der Waals surface area (Å²) < 4.78 is 19.1. The molecular formula is C29H29BrO3. The summed E-state index contributed by atoms with van der Waals surface area (Å²) in [5.74, 6) is 3.18. The summed E-state index contributed by atoms with van der Waals surface area (Å²) in [6.45, 7) is 4.27. The maximum Gasteiger partial charge on any atom is 0.175 e. The zero-order valence-corrected chi connectivity index (χ0v) is 20.8. The van der Waals surface area contributed by atoms with Gasteiger partial charge < -0.3 is 14.2 Å². The van der Waals surface area contributed by atoms with Crippen molar-refractivity contribution in [1.82, 2.24) is 0 Å². The normalized spacial score (nSPS) is 19.6. The van der Waals surface area contributed by atoms with Crippen molar-refractivity contribution in [2.45, 2.75) is 37.1 Å². The van der Waals surface area contributed by atoms with Crippen molar-refractivity contribution >= 4 is 15.9 Å². The fourth-order valence-electron chi connectivity index (χ4n) is 4.13. The molecule has 0 saturated heterocycles. The summed E-state index contributed by atoms with van der Waals surface area (Å²) in [6, 6.07) is 24.4. The summed E-state index contributed by atoms with van der Waals surface area (Å²) in [6.07, 6.45) is 7.82. The van der Waals surface area contributed by atoms with E-state index in [4.69, 9.17) is 14.2 Å². The molecule has 1 aliphatic rings. The first-order chi connectivity index (χ1) is 16.1. The van der Waals surface area contributed by atoms with Crippen molar-refractivity contribution in [2.24, 2.45) is 0 Å². The number of methoxy groups -OCH3 is 1. The summed E-state index contributed by atoms with van der Waals surface area (Å²) >= 11 is 3.89. The van der Waals surface area contributed by atoms with Crippen LogP contribution in [0.1, 0.15) is 30.5 Å². The number of hydrogen-bond donors (Lipinski definition) is 0. The predicted octanol–water partition coefficient (Wildman–Crippen LogP) is 7.74. The van der Waals surface area contributed by atoms with Crippen molar-refractivity contribution in [3.8, 4) is 17.2 Å². The molecule has 0 radical (unpaired) electrons. The molecule has 0 amide bonds. The average molecular weight is 505 g/mol. The smallest absolute Gasteiger partial charge is 0.175 e. The van der Waals surface area contributed by atoms with Gasteiger partial charge in [0.2, 0.25) is 0 Å². The van der Waals surface area contributed by atoms with Crippen LogP contribution in [0.3, 0.4) is 0 Å². The Bertz CT molecular complexity index is 1170. The van der Waals surface area contributed by atoms with Gasteiger partial charge in [0.15, 0.2) is 5.60 Å². The molecule has 0 heterocycles. The summed E-state index contributed by atoms with van der Waals surface area (Å²) in [5.41, 5.74) is 2.35. The minimum atomic E-state index is -0.872. The highest BCUT2D eigenvalue weighted by Gasteiger charge is 2.44. The molecule has 170 valence electrons. The molecule has 4 rings (SSSR count). The average Bonchev–Trinajstić information content (AvgIpc) is 2.86. The second-order valence-electron chi connectivity index (χ2n) is 7.93. The lowest BCUT2D eigenvalue weighted by Gasteiger charge is -2.38. The van der Waals surface area contributed by atoms with Gasteiger partial charge in [-0.05, 0) is 48.2 Å². The number of hydrogen-bond acceptors (Lipinski definition) is 3. The number of aryl methyl sites for hydroxylation is 2. The Balaban J connectivity index is 1.87. The van der Waals surface area contributed by atoms with E-state index in [0.717, 1.165) is 52.5 Å². The molecule has 4 heteroatoms. The lowest BCUT2D eigenvalue weighted by Crippen LogP contribution is -2.41. The molecule has 0 saturated carbocycles. The number of para-hydroxylation sites is 3. The van der Waals surface area contributed by atoms with Gasteiger partial charge in [0.25, 0.3) is 0 Å². The SMILES string of the molecule is CCc1ccccc1Oc1ccccc1[C@@]1(Oc2ccccc2CC)C=C(OC)C=CC1Br. The predicted molar refractivity (Wildman–Crippen MR) is 137 cm³/mol. The third-order valence-electron chi connectivity index (χ3n) is 5.95. The van der Waals surface area contributed by atoms with Gasteiger partial charge in [0, 0.05) is 11.6 Å². The minimum Gasteiger partial charge on any atom is -0.497 e. The fourth-order valence-corrected chi connectivity index (χ4v) is 4.75. The molecule has 1 aliphatic carbocycles. The van der Waals surface area contributed by atoms with Crippen LogP contribution in [0.4, 0.5) is 0 Å². The first-order valence-corrected chi connectivity index (χ1v) is 12.2. The number of allylic oxidation sites excluding steroid dienone is 1. The van der Waals surface area contributed by atoms with Gasteiger partial charge in [0.1, 0.15) is 23.0 Å². The lowest BCUT2D eigenvalue weighted by atomic mass is 9.85. The van der Waals surface area contributed by atoms with E-state index in [0.29, 0.717) is 0 Å². The summed E-state index contributed by atoms with van der Waals surface area (Å²) in [7, 11) is 1.68. The summed E-state index contributed by atoms with van der Waals surface area (Å²) in [5, 5.41) is 0. The van der Waals surface area contributed by atoms with Gasteiger partial charge in [0.05, 0.1) is 11.9 Å². The van der Waals surface area contributed by atoms with Crippen molar-refractivity contribution < 1.29 is 14.2 Å². The largest absolute Gasteiger partial charge is 0.497 e. The highest BCUT2D eigenvalue weighted by atomic mass is 79.9. The first-order valence-electron chi connectivity index (χ1n) is 11.3. The second-order valence-corrected chi connectivity index (χ2v) is 8.91. The molecule has 33 heavy (non-hydrogen) atoms. The highest BCUT2D eigenvalue weighted by Crippen LogP contribution is 2.46. The molecule has 3 aromatic rings. The van der Waals surface area contributed by atoms with Crippen LogP contribution >= 0.6 is 15.9 Å². The maximum absolute atomic E-state index is 6.90. The summed E-state index contributed by atoms with van der Waals surface area (Å²) in [4.78, 5) is -0.139. The fraction of sp³-hybridized carbons (Fsp3) is 0.241. The molecule has 0 spiro atoms. The zero-order chi connectivity index (χ0) is 23.3. The number of alkyl halides is 1. The van der Waals surface area contributed by atoms with Crippen molar-refractivity contribution in [3.63, 3.8) is 0 Å². The minimum absolute atomic E-state index is 0.139. The van der Waals surface area contributed by atoms with E-state index in [1.54, 1.807) is 7.11 Å². The monoisotopic (exact) mass is 504 g/mol.